The van der Waals surface area contributed by atoms with E-state index < -0.39 is 0 Å². The minimum absolute atomic E-state index is 0.563. The van der Waals surface area contributed by atoms with Crippen LogP contribution in [0.1, 0.15) is 32.3 Å². The fraction of sp³-hybridized carbons (Fsp3) is 0.647. The molecule has 0 amide bonds. The molecule has 0 aromatic heterocycles. The molecule has 118 valence electrons. The first kappa shape index (κ1) is 16.8. The highest BCUT2D eigenvalue weighted by Gasteiger charge is 2.19. The molecule has 1 unspecified atom stereocenters. The fourth-order valence-corrected chi connectivity index (χ4v) is 3.50. The minimum Gasteiger partial charge on any atom is -0.496 e. The van der Waals surface area contributed by atoms with Crippen LogP contribution in [0.25, 0.3) is 0 Å². The molecule has 0 bridgehead atoms. The van der Waals surface area contributed by atoms with Gasteiger partial charge in [-0.15, -0.1) is 0 Å². The van der Waals surface area contributed by atoms with E-state index in [1.807, 2.05) is 6.07 Å². The highest BCUT2D eigenvalue weighted by atomic mass is 79.9. The molecule has 1 aromatic rings. The van der Waals surface area contributed by atoms with Crippen LogP contribution >= 0.6 is 15.9 Å². The topological polar surface area (TPSA) is 24.5 Å². The highest BCUT2D eigenvalue weighted by molar-refractivity contribution is 9.10. The van der Waals surface area contributed by atoms with E-state index in [1.165, 1.54) is 31.5 Å². The SMILES string of the molecule is COc1ccc(CN(CC2CCCNC2)C(C)C)cc1Br. The average Bonchev–Trinajstić information content (AvgIpc) is 2.48. The van der Waals surface area contributed by atoms with Crippen molar-refractivity contribution in [3.05, 3.63) is 28.2 Å². The number of methoxy groups -OCH3 is 1. The van der Waals surface area contributed by atoms with Gasteiger partial charge in [0, 0.05) is 19.1 Å². The molecule has 1 atom stereocenters. The summed E-state index contributed by atoms with van der Waals surface area (Å²) in [5.41, 5.74) is 1.33. The third-order valence-corrected chi connectivity index (χ3v) is 4.84. The molecule has 0 aliphatic carbocycles. The van der Waals surface area contributed by atoms with Gasteiger partial charge in [-0.25, -0.2) is 0 Å². The first-order valence-electron chi connectivity index (χ1n) is 7.87. The number of benzene rings is 1. The summed E-state index contributed by atoms with van der Waals surface area (Å²) in [4.78, 5) is 2.58. The molecular weight excluding hydrogens is 328 g/mol. The van der Waals surface area contributed by atoms with Gasteiger partial charge in [0.1, 0.15) is 5.75 Å². The zero-order valence-corrected chi connectivity index (χ0v) is 14.9. The van der Waals surface area contributed by atoms with Gasteiger partial charge < -0.3 is 10.1 Å². The zero-order valence-electron chi connectivity index (χ0n) is 13.4. The molecule has 1 N–H and O–H groups in total. The van der Waals surface area contributed by atoms with Crippen molar-refractivity contribution in [3.8, 4) is 5.75 Å². The van der Waals surface area contributed by atoms with Crippen LogP contribution in [0.5, 0.6) is 5.75 Å². The molecule has 1 aliphatic heterocycles. The molecule has 1 aromatic carbocycles. The van der Waals surface area contributed by atoms with Gasteiger partial charge in [-0.1, -0.05) is 6.07 Å². The van der Waals surface area contributed by atoms with Crippen molar-refractivity contribution in [1.82, 2.24) is 10.2 Å². The Bertz CT molecular complexity index is 444. The number of hydrogen-bond acceptors (Lipinski definition) is 3. The number of nitrogens with one attached hydrogen (secondary N) is 1. The molecule has 0 saturated carbocycles. The van der Waals surface area contributed by atoms with E-state index in [2.05, 4.69) is 52.1 Å². The predicted molar refractivity (Wildman–Crippen MR) is 91.8 cm³/mol. The van der Waals surface area contributed by atoms with E-state index >= 15 is 0 Å². The lowest BCUT2D eigenvalue weighted by atomic mass is 9.98. The van der Waals surface area contributed by atoms with Gasteiger partial charge >= 0.3 is 0 Å². The summed E-state index contributed by atoms with van der Waals surface area (Å²) < 4.78 is 6.34. The van der Waals surface area contributed by atoms with Crippen LogP contribution in [0.15, 0.2) is 22.7 Å². The third kappa shape index (κ3) is 4.97. The molecule has 0 spiro atoms. The Morgan fingerprint density at radius 2 is 2.24 bits per heavy atom. The van der Waals surface area contributed by atoms with Gasteiger partial charge in [-0.3, -0.25) is 4.90 Å². The van der Waals surface area contributed by atoms with E-state index in [4.69, 9.17) is 4.74 Å². The Morgan fingerprint density at radius 3 is 2.81 bits per heavy atom. The van der Waals surface area contributed by atoms with Crippen molar-refractivity contribution in [3.63, 3.8) is 0 Å². The maximum atomic E-state index is 5.31. The van der Waals surface area contributed by atoms with E-state index in [9.17, 15) is 0 Å². The Hall–Kier alpha value is -0.580. The number of nitrogens with zero attached hydrogens (tertiary/aromatic N) is 1. The number of ether oxygens (including phenoxy) is 1. The Balaban J connectivity index is 2.00. The maximum Gasteiger partial charge on any atom is 0.133 e. The van der Waals surface area contributed by atoms with E-state index in [1.54, 1.807) is 7.11 Å². The zero-order chi connectivity index (χ0) is 15.2. The lowest BCUT2D eigenvalue weighted by Crippen LogP contribution is -2.40. The standard InChI is InChI=1S/C17H27BrN2O/c1-13(2)20(12-15-5-4-8-19-10-15)11-14-6-7-17(21-3)16(18)9-14/h6-7,9,13,15,19H,4-5,8,10-12H2,1-3H3. The molecule has 4 heteroatoms. The molecule has 21 heavy (non-hydrogen) atoms. The summed E-state index contributed by atoms with van der Waals surface area (Å²) in [6.07, 6.45) is 2.66. The first-order valence-corrected chi connectivity index (χ1v) is 8.66. The van der Waals surface area contributed by atoms with Gasteiger partial charge in [0.15, 0.2) is 0 Å². The van der Waals surface area contributed by atoms with E-state index in [-0.39, 0.29) is 0 Å². The second kappa shape index (κ2) is 8.16. The summed E-state index contributed by atoms with van der Waals surface area (Å²) in [6.45, 7) is 9.09. The van der Waals surface area contributed by atoms with E-state index in [0.29, 0.717) is 6.04 Å². The van der Waals surface area contributed by atoms with Crippen molar-refractivity contribution >= 4 is 15.9 Å². The predicted octanol–water partition coefficient (Wildman–Crippen LogP) is 3.67. The molecule has 3 nitrogen and oxygen atoms in total. The van der Waals surface area contributed by atoms with Crippen molar-refractivity contribution in [2.24, 2.45) is 5.92 Å². The third-order valence-electron chi connectivity index (χ3n) is 4.22. The summed E-state index contributed by atoms with van der Waals surface area (Å²) >= 11 is 3.58. The Kier molecular flexibility index (Phi) is 6.52. The van der Waals surface area contributed by atoms with Crippen LogP contribution in [0, 0.1) is 5.92 Å². The van der Waals surface area contributed by atoms with Crippen LogP contribution in [0.3, 0.4) is 0 Å². The lowest BCUT2D eigenvalue weighted by Gasteiger charge is -2.33. The highest BCUT2D eigenvalue weighted by Crippen LogP contribution is 2.26. The molecule has 1 heterocycles. The molecule has 1 saturated heterocycles. The molecule has 1 fully saturated rings. The second-order valence-corrected chi connectivity index (χ2v) is 7.06. The normalized spacial score (nSPS) is 19.2. The monoisotopic (exact) mass is 354 g/mol. The molecular formula is C17H27BrN2O. The number of rotatable bonds is 6. The molecule has 2 rings (SSSR count). The summed E-state index contributed by atoms with van der Waals surface area (Å²) in [6, 6.07) is 6.94. The van der Waals surface area contributed by atoms with Crippen LogP contribution in [-0.2, 0) is 6.54 Å². The summed E-state index contributed by atoms with van der Waals surface area (Å²) in [5.74, 6) is 1.68. The minimum atomic E-state index is 0.563. The van der Waals surface area contributed by atoms with Gasteiger partial charge in [0.05, 0.1) is 11.6 Å². The Labute approximate surface area is 137 Å². The largest absolute Gasteiger partial charge is 0.496 e. The number of halogens is 1. The van der Waals surface area contributed by atoms with Gasteiger partial charge in [0.25, 0.3) is 0 Å². The first-order chi connectivity index (χ1) is 10.1. The Morgan fingerprint density at radius 1 is 1.43 bits per heavy atom. The van der Waals surface area contributed by atoms with Crippen LogP contribution < -0.4 is 10.1 Å². The van der Waals surface area contributed by atoms with Gasteiger partial charge in [-0.2, -0.15) is 0 Å². The van der Waals surface area contributed by atoms with Crippen molar-refractivity contribution in [2.45, 2.75) is 39.3 Å². The maximum absolute atomic E-state index is 5.31. The number of hydrogen-bond donors (Lipinski definition) is 1. The van der Waals surface area contributed by atoms with E-state index in [0.717, 1.165) is 29.2 Å². The van der Waals surface area contributed by atoms with Crippen LogP contribution in [-0.4, -0.2) is 37.7 Å². The van der Waals surface area contributed by atoms with Crippen molar-refractivity contribution in [1.29, 1.82) is 0 Å². The smallest absolute Gasteiger partial charge is 0.133 e. The van der Waals surface area contributed by atoms with Crippen molar-refractivity contribution < 1.29 is 4.74 Å². The lowest BCUT2D eigenvalue weighted by molar-refractivity contribution is 0.164. The molecule has 0 radical (unpaired) electrons. The van der Waals surface area contributed by atoms with Gasteiger partial charge in [-0.05, 0) is 79.3 Å². The summed E-state index contributed by atoms with van der Waals surface area (Å²) in [5, 5.41) is 3.52. The second-order valence-electron chi connectivity index (χ2n) is 6.20. The average molecular weight is 355 g/mol. The summed E-state index contributed by atoms with van der Waals surface area (Å²) in [7, 11) is 1.70. The fourth-order valence-electron chi connectivity index (χ4n) is 2.91. The van der Waals surface area contributed by atoms with Crippen LogP contribution in [0.4, 0.5) is 0 Å². The molecule has 1 aliphatic rings. The van der Waals surface area contributed by atoms with Crippen LogP contribution in [0.2, 0.25) is 0 Å². The quantitative estimate of drug-likeness (QED) is 0.843. The van der Waals surface area contributed by atoms with Gasteiger partial charge in [0.2, 0.25) is 0 Å². The number of piperidine rings is 1. The van der Waals surface area contributed by atoms with Crippen molar-refractivity contribution in [2.75, 3.05) is 26.7 Å².